The quantitative estimate of drug-likeness (QED) is 0.0712. The third kappa shape index (κ3) is 19.5. The number of unbranched alkanes of at least 4 members (excludes halogenated alkanes) is 14. The Morgan fingerprint density at radius 2 is 1.00 bits per heavy atom. The highest BCUT2D eigenvalue weighted by atomic mass is 16.6. The van der Waals surface area contributed by atoms with E-state index in [0.29, 0.717) is 6.42 Å². The van der Waals surface area contributed by atoms with Gasteiger partial charge in [-0.3, -0.25) is 4.79 Å². The molecule has 208 valence electrons. The van der Waals surface area contributed by atoms with E-state index in [1.165, 1.54) is 70.6 Å². The maximum atomic E-state index is 11.7. The van der Waals surface area contributed by atoms with E-state index in [0.717, 1.165) is 19.3 Å². The Balaban J connectivity index is -0.00000480. The Morgan fingerprint density at radius 1 is 0.618 bits per heavy atom. The smallest absolute Gasteiger partial charge is 0.308 e. The lowest BCUT2D eigenvalue weighted by atomic mass is 10.0. The number of carbonyl (C=O) groups excluding carboxylic acids is 1. The zero-order valence-corrected chi connectivity index (χ0v) is 20.9. The van der Waals surface area contributed by atoms with Crippen molar-refractivity contribution >= 4 is 5.97 Å². The van der Waals surface area contributed by atoms with E-state index in [9.17, 15) is 30.3 Å². The first-order valence-corrected chi connectivity index (χ1v) is 12.6. The summed E-state index contributed by atoms with van der Waals surface area (Å²) in [7, 11) is 0. The van der Waals surface area contributed by atoms with E-state index in [1.54, 1.807) is 0 Å². The predicted octanol–water partition coefficient (Wildman–Crippen LogP) is 0.896. The third-order valence-corrected chi connectivity index (χ3v) is 5.81. The molecule has 0 spiro atoms. The van der Waals surface area contributed by atoms with Crippen LogP contribution in [-0.2, 0) is 9.53 Å². The number of rotatable bonds is 22. The van der Waals surface area contributed by atoms with Crippen LogP contribution < -0.4 is 0 Å². The molecule has 0 aliphatic carbocycles. The number of esters is 1. The number of ether oxygens (including phenoxy) is 1. The molecule has 0 rings (SSSR count). The topological polar surface area (TPSA) is 211 Å². The Kier molecular flexibility index (Phi) is 28.0. The zero-order valence-electron chi connectivity index (χ0n) is 20.9. The lowest BCUT2D eigenvalue weighted by Gasteiger charge is -2.28. The molecule has 34 heavy (non-hydrogen) atoms. The highest BCUT2D eigenvalue weighted by molar-refractivity contribution is 5.69. The summed E-state index contributed by atoms with van der Waals surface area (Å²) in [4.78, 5) is 11.7. The van der Waals surface area contributed by atoms with Gasteiger partial charge in [0.25, 0.3) is 0 Å². The van der Waals surface area contributed by atoms with E-state index < -0.39 is 43.3 Å². The minimum atomic E-state index is -2.03. The monoisotopic (exact) mass is 500 g/mol. The predicted molar refractivity (Wildman–Crippen MR) is 130 cm³/mol. The molecule has 0 bridgehead atoms. The van der Waals surface area contributed by atoms with Crippen molar-refractivity contribution in [2.45, 2.75) is 140 Å². The standard InChI is InChI=1S/C24H48O8.2H2O/c1-2-3-4-5-6-7-8-9-10-11-12-13-14-15-16-17-20(27)32-24(31)23(30)22(29)21(28)19(26)18-25;;/h19,21-26,28-31H,2-18H2,1H3;2*1H2/t19-,21+,22+,23+,24?;;/m0../s1. The van der Waals surface area contributed by atoms with Gasteiger partial charge < -0.3 is 46.3 Å². The van der Waals surface area contributed by atoms with Crippen LogP contribution in [0.5, 0.6) is 0 Å². The van der Waals surface area contributed by atoms with Crippen molar-refractivity contribution in [3.8, 4) is 0 Å². The van der Waals surface area contributed by atoms with Crippen LogP contribution in [0.2, 0.25) is 0 Å². The number of carbonyl (C=O) groups is 1. The fourth-order valence-electron chi connectivity index (χ4n) is 3.61. The van der Waals surface area contributed by atoms with E-state index >= 15 is 0 Å². The second-order valence-electron chi connectivity index (χ2n) is 8.80. The molecule has 0 aliphatic rings. The van der Waals surface area contributed by atoms with Crippen molar-refractivity contribution < 1.29 is 51.1 Å². The van der Waals surface area contributed by atoms with Crippen LogP contribution in [0.3, 0.4) is 0 Å². The minimum absolute atomic E-state index is 0. The fourth-order valence-corrected chi connectivity index (χ4v) is 3.61. The van der Waals surface area contributed by atoms with Gasteiger partial charge >= 0.3 is 5.97 Å². The van der Waals surface area contributed by atoms with Crippen molar-refractivity contribution in [2.75, 3.05) is 6.61 Å². The van der Waals surface area contributed by atoms with Crippen LogP contribution in [0.15, 0.2) is 0 Å². The molecule has 0 amide bonds. The zero-order chi connectivity index (χ0) is 24.2. The summed E-state index contributed by atoms with van der Waals surface area (Å²) in [5.74, 6) is -0.712. The Hall–Kier alpha value is -0.850. The van der Waals surface area contributed by atoms with Crippen LogP contribution in [-0.4, -0.2) is 84.9 Å². The molecule has 0 aromatic rings. The Labute approximate surface area is 204 Å². The average molecular weight is 501 g/mol. The molecule has 10 N–H and O–H groups in total. The molecule has 0 saturated heterocycles. The molecule has 10 heteroatoms. The van der Waals surface area contributed by atoms with Crippen molar-refractivity contribution in [3.05, 3.63) is 0 Å². The first kappa shape index (κ1) is 37.7. The van der Waals surface area contributed by atoms with Crippen LogP contribution in [0.1, 0.15) is 110 Å². The van der Waals surface area contributed by atoms with Crippen molar-refractivity contribution in [1.82, 2.24) is 0 Å². The van der Waals surface area contributed by atoms with E-state index in [4.69, 9.17) is 5.11 Å². The molecule has 0 fully saturated rings. The van der Waals surface area contributed by atoms with Gasteiger partial charge in [0.05, 0.1) is 6.61 Å². The average Bonchev–Trinajstić information content (AvgIpc) is 2.79. The van der Waals surface area contributed by atoms with Crippen molar-refractivity contribution in [1.29, 1.82) is 0 Å². The van der Waals surface area contributed by atoms with Gasteiger partial charge in [0.1, 0.15) is 24.4 Å². The summed E-state index contributed by atoms with van der Waals surface area (Å²) in [6, 6.07) is 0. The molecule has 0 aromatic carbocycles. The number of aliphatic hydroxyl groups is 6. The van der Waals surface area contributed by atoms with Gasteiger partial charge in [-0.1, -0.05) is 96.8 Å². The second-order valence-corrected chi connectivity index (χ2v) is 8.80. The Morgan fingerprint density at radius 3 is 1.38 bits per heavy atom. The summed E-state index contributed by atoms with van der Waals surface area (Å²) in [6.07, 6.45) is 8.65. The molecule has 5 atom stereocenters. The first-order chi connectivity index (χ1) is 15.3. The van der Waals surface area contributed by atoms with Crippen LogP contribution >= 0.6 is 0 Å². The molecule has 0 radical (unpaired) electrons. The van der Waals surface area contributed by atoms with E-state index in [-0.39, 0.29) is 17.4 Å². The minimum Gasteiger partial charge on any atom is -0.433 e. The SMILES string of the molecule is CCCCCCCCCCCCCCCCCC(=O)OC(O)[C@H](O)[C@H](O)[C@H](O)[C@@H](O)CO.O.O. The van der Waals surface area contributed by atoms with Gasteiger partial charge in [-0.15, -0.1) is 0 Å². The summed E-state index contributed by atoms with van der Waals surface area (Å²) < 4.78 is 4.67. The van der Waals surface area contributed by atoms with Crippen LogP contribution in [0, 0.1) is 0 Å². The summed E-state index contributed by atoms with van der Waals surface area (Å²) in [5, 5.41) is 56.6. The van der Waals surface area contributed by atoms with Crippen LogP contribution in [0.4, 0.5) is 0 Å². The number of hydrogen-bond acceptors (Lipinski definition) is 8. The summed E-state index contributed by atoms with van der Waals surface area (Å²) in [5.41, 5.74) is 0. The molecule has 0 heterocycles. The third-order valence-electron chi connectivity index (χ3n) is 5.81. The normalized spacial score (nSPS) is 15.4. The van der Waals surface area contributed by atoms with Crippen molar-refractivity contribution in [3.63, 3.8) is 0 Å². The maximum absolute atomic E-state index is 11.7. The van der Waals surface area contributed by atoms with Crippen LogP contribution in [0.25, 0.3) is 0 Å². The lowest BCUT2D eigenvalue weighted by Crippen LogP contribution is -2.50. The van der Waals surface area contributed by atoms with Gasteiger partial charge in [0.15, 0.2) is 0 Å². The van der Waals surface area contributed by atoms with Gasteiger partial charge in [-0.25, -0.2) is 0 Å². The molecular weight excluding hydrogens is 448 g/mol. The molecule has 0 aromatic heterocycles. The highest BCUT2D eigenvalue weighted by Gasteiger charge is 2.35. The second kappa shape index (κ2) is 25.2. The molecule has 10 nitrogen and oxygen atoms in total. The summed E-state index contributed by atoms with van der Waals surface area (Å²) in [6.45, 7) is 1.41. The first-order valence-electron chi connectivity index (χ1n) is 12.6. The summed E-state index contributed by atoms with van der Waals surface area (Å²) >= 11 is 0. The van der Waals surface area contributed by atoms with Gasteiger partial charge in [0, 0.05) is 6.42 Å². The highest BCUT2D eigenvalue weighted by Crippen LogP contribution is 2.15. The van der Waals surface area contributed by atoms with Gasteiger partial charge in [0.2, 0.25) is 6.29 Å². The van der Waals surface area contributed by atoms with Crippen molar-refractivity contribution in [2.24, 2.45) is 0 Å². The molecule has 0 saturated carbocycles. The van der Waals surface area contributed by atoms with Gasteiger partial charge in [-0.05, 0) is 6.42 Å². The lowest BCUT2D eigenvalue weighted by molar-refractivity contribution is -0.213. The largest absolute Gasteiger partial charge is 0.433 e. The number of aliphatic hydroxyl groups excluding tert-OH is 6. The molecule has 0 aliphatic heterocycles. The van der Waals surface area contributed by atoms with E-state index in [2.05, 4.69) is 11.7 Å². The maximum Gasteiger partial charge on any atom is 0.308 e. The Bertz CT molecular complexity index is 438. The molecular formula is C24H52O10. The molecule has 1 unspecified atom stereocenters. The fraction of sp³-hybridized carbons (Fsp3) is 0.958. The van der Waals surface area contributed by atoms with E-state index in [1.807, 2.05) is 0 Å². The van der Waals surface area contributed by atoms with Gasteiger partial charge in [-0.2, -0.15) is 0 Å². The number of hydrogen-bond donors (Lipinski definition) is 6.